The molecule has 31 heavy (non-hydrogen) atoms. The number of oxazole rings is 1. The van der Waals surface area contributed by atoms with E-state index in [-0.39, 0.29) is 27.7 Å². The second kappa shape index (κ2) is 8.50. The fourth-order valence-corrected chi connectivity index (χ4v) is 4.41. The van der Waals surface area contributed by atoms with Gasteiger partial charge in [0, 0.05) is 17.7 Å². The summed E-state index contributed by atoms with van der Waals surface area (Å²) >= 11 is 0. The van der Waals surface area contributed by atoms with Gasteiger partial charge in [0.1, 0.15) is 19.0 Å². The summed E-state index contributed by atoms with van der Waals surface area (Å²) < 4.78 is 49.2. The molecule has 9 heteroatoms. The molecular weight excluding hydrogens is 420 g/mol. The normalized spacial score (nSPS) is 13.3. The molecule has 0 saturated heterocycles. The van der Waals surface area contributed by atoms with Gasteiger partial charge in [0.05, 0.1) is 11.5 Å². The number of hydrogen-bond donors (Lipinski definition) is 1. The Morgan fingerprint density at radius 1 is 1.06 bits per heavy atom. The zero-order chi connectivity index (χ0) is 22.0. The SMILES string of the molecule is CCOc1ccc(-c2nc(S(=O)(=O)c3ccc4c(c3)OCCO4)c(NC(C)C)o2)cc1. The highest BCUT2D eigenvalue weighted by Crippen LogP contribution is 2.37. The van der Waals surface area contributed by atoms with Gasteiger partial charge in [-0.1, -0.05) is 0 Å². The van der Waals surface area contributed by atoms with E-state index in [2.05, 4.69) is 10.3 Å². The van der Waals surface area contributed by atoms with Gasteiger partial charge in [-0.05, 0) is 57.2 Å². The number of ether oxygens (including phenoxy) is 3. The van der Waals surface area contributed by atoms with Crippen LogP contribution in [0, 0.1) is 0 Å². The average molecular weight is 445 g/mol. The van der Waals surface area contributed by atoms with Gasteiger partial charge in [-0.2, -0.15) is 4.98 Å². The molecule has 4 rings (SSSR count). The lowest BCUT2D eigenvalue weighted by Crippen LogP contribution is -2.16. The number of nitrogens with zero attached hydrogens (tertiary/aromatic N) is 1. The van der Waals surface area contributed by atoms with Crippen LogP contribution in [0.25, 0.3) is 11.5 Å². The van der Waals surface area contributed by atoms with Crippen LogP contribution in [-0.2, 0) is 9.84 Å². The Bertz CT molecular complexity index is 1170. The van der Waals surface area contributed by atoms with E-state index in [1.807, 2.05) is 20.8 Å². The highest BCUT2D eigenvalue weighted by Gasteiger charge is 2.30. The maximum Gasteiger partial charge on any atom is 0.234 e. The van der Waals surface area contributed by atoms with E-state index in [0.29, 0.717) is 42.6 Å². The second-order valence-electron chi connectivity index (χ2n) is 7.22. The number of fused-ring (bicyclic) bond motifs is 1. The quantitative estimate of drug-likeness (QED) is 0.580. The second-order valence-corrected chi connectivity index (χ2v) is 9.08. The molecule has 0 radical (unpaired) electrons. The van der Waals surface area contributed by atoms with Gasteiger partial charge in [-0.25, -0.2) is 8.42 Å². The first-order valence-electron chi connectivity index (χ1n) is 10.0. The fourth-order valence-electron chi connectivity index (χ4n) is 3.13. The molecule has 0 bridgehead atoms. The largest absolute Gasteiger partial charge is 0.494 e. The molecule has 2 heterocycles. The summed E-state index contributed by atoms with van der Waals surface area (Å²) in [7, 11) is -3.98. The highest BCUT2D eigenvalue weighted by atomic mass is 32.2. The lowest BCUT2D eigenvalue weighted by atomic mass is 10.2. The average Bonchev–Trinajstić information content (AvgIpc) is 3.18. The van der Waals surface area contributed by atoms with E-state index in [9.17, 15) is 8.42 Å². The number of hydrogen-bond acceptors (Lipinski definition) is 8. The minimum absolute atomic E-state index is 0.0510. The first-order valence-corrected chi connectivity index (χ1v) is 11.5. The standard InChI is InChI=1S/C22H24N2O6S/c1-4-27-16-7-5-15(6-8-16)20-24-22(21(30-20)23-14(2)3)31(25,26)17-9-10-18-19(13-17)29-12-11-28-18/h5-10,13-14,23H,4,11-12H2,1-3H3. The topological polar surface area (TPSA) is 99.9 Å². The van der Waals surface area contributed by atoms with E-state index in [4.69, 9.17) is 18.6 Å². The van der Waals surface area contributed by atoms with Gasteiger partial charge < -0.3 is 23.9 Å². The van der Waals surface area contributed by atoms with Gasteiger partial charge >= 0.3 is 0 Å². The number of rotatable bonds is 7. The fraction of sp³-hybridized carbons (Fsp3) is 0.318. The number of sulfone groups is 1. The Kier molecular flexibility index (Phi) is 5.77. The molecule has 0 unspecified atom stereocenters. The van der Waals surface area contributed by atoms with Crippen LogP contribution < -0.4 is 19.5 Å². The van der Waals surface area contributed by atoms with Gasteiger partial charge in [0.25, 0.3) is 0 Å². The molecule has 2 aromatic carbocycles. The lowest BCUT2D eigenvalue weighted by molar-refractivity contribution is 0.171. The van der Waals surface area contributed by atoms with E-state index in [1.165, 1.54) is 12.1 Å². The molecule has 164 valence electrons. The molecule has 1 aromatic heterocycles. The molecule has 0 saturated carbocycles. The molecule has 1 aliphatic rings. The van der Waals surface area contributed by atoms with Crippen molar-refractivity contribution >= 4 is 15.7 Å². The van der Waals surface area contributed by atoms with Crippen molar-refractivity contribution in [3.8, 4) is 28.7 Å². The minimum Gasteiger partial charge on any atom is -0.494 e. The van der Waals surface area contributed by atoms with Crippen molar-refractivity contribution in [2.24, 2.45) is 0 Å². The molecule has 0 atom stereocenters. The third-order valence-corrected chi connectivity index (χ3v) is 6.17. The Morgan fingerprint density at radius 2 is 1.77 bits per heavy atom. The summed E-state index contributed by atoms with van der Waals surface area (Å²) in [6.07, 6.45) is 0. The smallest absolute Gasteiger partial charge is 0.234 e. The predicted octanol–water partition coefficient (Wildman–Crippen LogP) is 4.16. The lowest BCUT2D eigenvalue weighted by Gasteiger charge is -2.18. The summed E-state index contributed by atoms with van der Waals surface area (Å²) in [6, 6.07) is 11.6. The maximum absolute atomic E-state index is 13.4. The van der Waals surface area contributed by atoms with Crippen molar-refractivity contribution in [2.75, 3.05) is 25.1 Å². The van der Waals surface area contributed by atoms with Crippen LogP contribution >= 0.6 is 0 Å². The third kappa shape index (κ3) is 4.32. The monoisotopic (exact) mass is 444 g/mol. The number of anilines is 1. The van der Waals surface area contributed by atoms with Crippen LogP contribution in [0.2, 0.25) is 0 Å². The van der Waals surface area contributed by atoms with Gasteiger partial charge in [0.2, 0.25) is 26.6 Å². The van der Waals surface area contributed by atoms with Gasteiger partial charge in [0.15, 0.2) is 11.5 Å². The van der Waals surface area contributed by atoms with Gasteiger partial charge in [-0.3, -0.25) is 0 Å². The van der Waals surface area contributed by atoms with E-state index >= 15 is 0 Å². The van der Waals surface area contributed by atoms with E-state index < -0.39 is 9.84 Å². The van der Waals surface area contributed by atoms with Crippen molar-refractivity contribution in [3.63, 3.8) is 0 Å². The summed E-state index contributed by atoms with van der Waals surface area (Å²) in [5.74, 6) is 1.90. The Morgan fingerprint density at radius 3 is 2.45 bits per heavy atom. The molecule has 0 amide bonds. The van der Waals surface area contributed by atoms with Crippen LogP contribution in [-0.4, -0.2) is 39.3 Å². The first kappa shape index (κ1) is 21.0. The molecule has 8 nitrogen and oxygen atoms in total. The molecule has 1 N–H and O–H groups in total. The molecule has 0 fully saturated rings. The minimum atomic E-state index is -3.98. The summed E-state index contributed by atoms with van der Waals surface area (Å²) in [6.45, 7) is 7.03. The Hall–Kier alpha value is -3.20. The summed E-state index contributed by atoms with van der Waals surface area (Å²) in [5, 5.41) is 2.87. The first-order chi connectivity index (χ1) is 14.9. The van der Waals surface area contributed by atoms with Crippen LogP contribution in [0.4, 0.5) is 5.88 Å². The molecule has 1 aliphatic heterocycles. The van der Waals surface area contributed by atoms with E-state index in [1.54, 1.807) is 30.3 Å². The number of benzene rings is 2. The number of nitrogens with one attached hydrogen (secondary N) is 1. The molecular formula is C22H24N2O6S. The molecule has 0 aliphatic carbocycles. The molecule has 3 aromatic rings. The summed E-state index contributed by atoms with van der Waals surface area (Å²) in [4.78, 5) is 4.39. The highest BCUT2D eigenvalue weighted by molar-refractivity contribution is 7.91. The third-order valence-electron chi connectivity index (χ3n) is 4.51. The van der Waals surface area contributed by atoms with Crippen molar-refractivity contribution in [1.29, 1.82) is 0 Å². The Balaban J connectivity index is 1.75. The molecule has 0 spiro atoms. The van der Waals surface area contributed by atoms with Crippen LogP contribution in [0.1, 0.15) is 20.8 Å². The van der Waals surface area contributed by atoms with Crippen LogP contribution in [0.5, 0.6) is 17.2 Å². The van der Waals surface area contributed by atoms with E-state index in [0.717, 1.165) is 0 Å². The van der Waals surface area contributed by atoms with Gasteiger partial charge in [-0.15, -0.1) is 0 Å². The van der Waals surface area contributed by atoms with Crippen molar-refractivity contribution < 1.29 is 27.0 Å². The van der Waals surface area contributed by atoms with Crippen molar-refractivity contribution in [3.05, 3.63) is 42.5 Å². The predicted molar refractivity (Wildman–Crippen MR) is 115 cm³/mol. The zero-order valence-electron chi connectivity index (χ0n) is 17.5. The summed E-state index contributed by atoms with van der Waals surface area (Å²) in [5.41, 5.74) is 0.638. The zero-order valence-corrected chi connectivity index (χ0v) is 18.4. The van der Waals surface area contributed by atoms with Crippen molar-refractivity contribution in [2.45, 2.75) is 36.7 Å². The number of aromatic nitrogens is 1. The van der Waals surface area contributed by atoms with Crippen molar-refractivity contribution in [1.82, 2.24) is 4.98 Å². The van der Waals surface area contributed by atoms with Crippen LogP contribution in [0.15, 0.2) is 56.8 Å². The maximum atomic E-state index is 13.4. The van der Waals surface area contributed by atoms with Crippen LogP contribution in [0.3, 0.4) is 0 Å². The Labute approximate surface area is 181 Å².